The summed E-state index contributed by atoms with van der Waals surface area (Å²) in [5.74, 6) is 1.10. The van der Waals surface area contributed by atoms with Crippen molar-refractivity contribution in [3.05, 3.63) is 69.5 Å². The zero-order valence-corrected chi connectivity index (χ0v) is 18.1. The van der Waals surface area contributed by atoms with Crippen LogP contribution >= 0.6 is 23.2 Å². The van der Waals surface area contributed by atoms with E-state index in [2.05, 4.69) is 10.4 Å². The Morgan fingerprint density at radius 1 is 1.17 bits per heavy atom. The summed E-state index contributed by atoms with van der Waals surface area (Å²) < 4.78 is 12.5. The normalized spacial score (nSPS) is 11.1. The molecule has 6 nitrogen and oxygen atoms in total. The molecular weight excluding hydrogens is 425 g/mol. The number of hydrogen-bond acceptors (Lipinski definition) is 4. The van der Waals surface area contributed by atoms with E-state index in [0.717, 1.165) is 22.2 Å². The van der Waals surface area contributed by atoms with Crippen molar-refractivity contribution in [1.82, 2.24) is 9.78 Å². The van der Waals surface area contributed by atoms with Gasteiger partial charge in [-0.25, -0.2) is 4.68 Å². The molecule has 1 N–H and O–H groups in total. The van der Waals surface area contributed by atoms with E-state index in [1.807, 2.05) is 26.0 Å². The minimum Gasteiger partial charge on any atom is -0.497 e. The molecule has 0 unspecified atom stereocenters. The Balaban J connectivity index is 1.61. The number of carbonyl (C=O) groups is 1. The van der Waals surface area contributed by atoms with E-state index in [1.165, 1.54) is 0 Å². The highest BCUT2D eigenvalue weighted by Crippen LogP contribution is 2.29. The molecule has 0 saturated carbocycles. The molecule has 8 heteroatoms. The summed E-state index contributed by atoms with van der Waals surface area (Å²) in [5, 5.41) is 9.26. The number of rotatable bonds is 5. The number of anilines is 1. The van der Waals surface area contributed by atoms with E-state index in [-0.39, 0.29) is 12.3 Å². The number of nitrogens with zero attached hydrogens (tertiary/aromatic N) is 2. The van der Waals surface area contributed by atoms with Crippen molar-refractivity contribution in [1.29, 1.82) is 0 Å². The lowest BCUT2D eigenvalue weighted by Gasteiger charge is -2.11. The lowest BCUT2D eigenvalue weighted by Crippen LogP contribution is -2.17. The molecule has 2 heterocycles. The average molecular weight is 444 g/mol. The molecule has 0 bridgehead atoms. The van der Waals surface area contributed by atoms with Crippen LogP contribution < -0.4 is 10.1 Å². The van der Waals surface area contributed by atoms with Crippen molar-refractivity contribution in [2.75, 3.05) is 12.4 Å². The zero-order valence-electron chi connectivity index (χ0n) is 16.6. The van der Waals surface area contributed by atoms with Crippen LogP contribution in [-0.4, -0.2) is 22.8 Å². The first-order valence-electron chi connectivity index (χ1n) is 9.23. The van der Waals surface area contributed by atoms with Gasteiger partial charge >= 0.3 is 0 Å². The van der Waals surface area contributed by atoms with E-state index >= 15 is 0 Å². The van der Waals surface area contributed by atoms with Gasteiger partial charge in [0.2, 0.25) is 5.91 Å². The van der Waals surface area contributed by atoms with Crippen LogP contribution in [0.5, 0.6) is 5.75 Å². The van der Waals surface area contributed by atoms with Crippen molar-refractivity contribution >= 4 is 45.9 Å². The Hall–Kier alpha value is -2.96. The average Bonchev–Trinajstić information content (AvgIpc) is 3.25. The minimum atomic E-state index is -0.183. The maximum absolute atomic E-state index is 12.8. The summed E-state index contributed by atoms with van der Waals surface area (Å²) in [5.41, 5.74) is 3.84. The second-order valence-corrected chi connectivity index (χ2v) is 7.73. The maximum atomic E-state index is 12.8. The molecule has 0 saturated heterocycles. The molecule has 4 rings (SSSR count). The molecule has 0 atom stereocenters. The molecule has 154 valence electrons. The topological polar surface area (TPSA) is 69.3 Å². The number of aromatic nitrogens is 2. The number of benzene rings is 2. The summed E-state index contributed by atoms with van der Waals surface area (Å²) in [6.45, 7) is 3.79. The fraction of sp³-hybridized carbons (Fsp3) is 0.182. The second kappa shape index (κ2) is 8.05. The fourth-order valence-corrected chi connectivity index (χ4v) is 3.52. The molecule has 30 heavy (non-hydrogen) atoms. The van der Waals surface area contributed by atoms with Gasteiger partial charge in [0, 0.05) is 22.6 Å². The number of hydrogen-bond donors (Lipinski definition) is 1. The molecule has 0 radical (unpaired) electrons. The summed E-state index contributed by atoms with van der Waals surface area (Å²) in [6, 6.07) is 10.7. The number of amides is 1. The SMILES string of the molecule is COc1ccc2c(CC(=O)Nc3c(C)c(C)nn3-c3ccc(Cl)c(Cl)c3)coc2c1. The Bertz CT molecular complexity index is 1260. The first kappa shape index (κ1) is 20.3. The molecule has 2 aromatic heterocycles. The van der Waals surface area contributed by atoms with Crippen LogP contribution in [0.3, 0.4) is 0 Å². The maximum Gasteiger partial charge on any atom is 0.230 e. The van der Waals surface area contributed by atoms with Gasteiger partial charge in [0.15, 0.2) is 0 Å². The Morgan fingerprint density at radius 2 is 1.97 bits per heavy atom. The van der Waals surface area contributed by atoms with Gasteiger partial charge in [0.25, 0.3) is 0 Å². The summed E-state index contributed by atoms with van der Waals surface area (Å²) in [4.78, 5) is 12.8. The van der Waals surface area contributed by atoms with Crippen LogP contribution in [0.2, 0.25) is 10.0 Å². The van der Waals surface area contributed by atoms with Crippen molar-refractivity contribution < 1.29 is 13.9 Å². The number of furan rings is 1. The molecule has 0 aliphatic carbocycles. The third kappa shape index (κ3) is 3.76. The van der Waals surface area contributed by atoms with Crippen LogP contribution in [-0.2, 0) is 11.2 Å². The molecule has 0 fully saturated rings. The second-order valence-electron chi connectivity index (χ2n) is 6.92. The number of fused-ring (bicyclic) bond motifs is 1. The van der Waals surface area contributed by atoms with Crippen LogP contribution in [0.15, 0.2) is 47.1 Å². The Labute approximate surface area is 183 Å². The standard InChI is InChI=1S/C22H19Cl2N3O3/c1-12-13(2)26-27(15-4-7-18(23)19(24)9-15)22(12)25-21(28)8-14-11-30-20-10-16(29-3)5-6-17(14)20/h4-7,9-11H,8H2,1-3H3,(H,25,28). The fourth-order valence-electron chi connectivity index (χ4n) is 3.23. The molecule has 0 aliphatic rings. The number of methoxy groups -OCH3 is 1. The first-order chi connectivity index (χ1) is 14.4. The van der Waals surface area contributed by atoms with Gasteiger partial charge in [0.1, 0.15) is 17.2 Å². The van der Waals surface area contributed by atoms with Gasteiger partial charge in [-0.15, -0.1) is 0 Å². The predicted molar refractivity (Wildman–Crippen MR) is 118 cm³/mol. The van der Waals surface area contributed by atoms with E-state index in [1.54, 1.807) is 42.3 Å². The van der Waals surface area contributed by atoms with Crippen LogP contribution in [0.25, 0.3) is 16.7 Å². The highest BCUT2D eigenvalue weighted by Gasteiger charge is 2.18. The summed E-state index contributed by atoms with van der Waals surface area (Å²) >= 11 is 12.2. The molecule has 4 aromatic rings. The third-order valence-corrected chi connectivity index (χ3v) is 5.72. The monoisotopic (exact) mass is 443 g/mol. The quantitative estimate of drug-likeness (QED) is 0.427. The van der Waals surface area contributed by atoms with Crippen molar-refractivity contribution in [3.8, 4) is 11.4 Å². The van der Waals surface area contributed by atoms with Gasteiger partial charge in [-0.1, -0.05) is 23.2 Å². The number of ether oxygens (including phenoxy) is 1. The minimum absolute atomic E-state index is 0.157. The Morgan fingerprint density at radius 3 is 2.70 bits per heavy atom. The van der Waals surface area contributed by atoms with Crippen molar-refractivity contribution in [2.45, 2.75) is 20.3 Å². The van der Waals surface area contributed by atoms with Gasteiger partial charge in [-0.05, 0) is 44.2 Å². The Kier molecular flexibility index (Phi) is 5.45. The largest absolute Gasteiger partial charge is 0.497 e. The number of nitrogens with one attached hydrogen (secondary N) is 1. The molecule has 2 aromatic carbocycles. The van der Waals surface area contributed by atoms with Crippen LogP contribution in [0.1, 0.15) is 16.8 Å². The van der Waals surface area contributed by atoms with E-state index in [0.29, 0.717) is 32.9 Å². The third-order valence-electron chi connectivity index (χ3n) is 4.98. The van der Waals surface area contributed by atoms with Crippen molar-refractivity contribution in [3.63, 3.8) is 0 Å². The first-order valence-corrected chi connectivity index (χ1v) is 9.98. The van der Waals surface area contributed by atoms with Gasteiger partial charge < -0.3 is 14.5 Å². The van der Waals surface area contributed by atoms with Crippen molar-refractivity contribution in [2.24, 2.45) is 0 Å². The predicted octanol–water partition coefficient (Wildman–Crippen LogP) is 5.73. The van der Waals surface area contributed by atoms with E-state index in [4.69, 9.17) is 32.4 Å². The van der Waals surface area contributed by atoms with Gasteiger partial charge in [-0.3, -0.25) is 4.79 Å². The number of halogens is 2. The molecule has 1 amide bonds. The smallest absolute Gasteiger partial charge is 0.230 e. The molecular formula is C22H19Cl2N3O3. The molecule has 0 aliphatic heterocycles. The summed E-state index contributed by atoms with van der Waals surface area (Å²) in [7, 11) is 1.60. The van der Waals surface area contributed by atoms with Gasteiger partial charge in [-0.2, -0.15) is 5.10 Å². The van der Waals surface area contributed by atoms with E-state index < -0.39 is 0 Å². The summed E-state index contributed by atoms with van der Waals surface area (Å²) in [6.07, 6.45) is 1.75. The highest BCUT2D eigenvalue weighted by molar-refractivity contribution is 6.42. The zero-order chi connectivity index (χ0) is 21.4. The lowest BCUT2D eigenvalue weighted by molar-refractivity contribution is -0.115. The molecule has 0 spiro atoms. The number of carbonyl (C=O) groups excluding carboxylic acids is 1. The van der Waals surface area contributed by atoms with E-state index in [9.17, 15) is 4.79 Å². The lowest BCUT2D eigenvalue weighted by atomic mass is 10.1. The van der Waals surface area contributed by atoms with Crippen LogP contribution in [0.4, 0.5) is 5.82 Å². The number of aryl methyl sites for hydroxylation is 1. The van der Waals surface area contributed by atoms with Crippen LogP contribution in [0, 0.1) is 13.8 Å². The highest BCUT2D eigenvalue weighted by atomic mass is 35.5. The van der Waals surface area contributed by atoms with Gasteiger partial charge in [0.05, 0.1) is 41.2 Å².